The number of rotatable bonds is 4. The predicted molar refractivity (Wildman–Crippen MR) is 57.2 cm³/mol. The Balaban J connectivity index is 4.56. The molecule has 0 aromatic carbocycles. The lowest BCUT2D eigenvalue weighted by Gasteiger charge is -2.25. The number of nitrogens with zero attached hydrogens (tertiary/aromatic N) is 1. The molecule has 5 nitrogen and oxygen atoms in total. The lowest BCUT2D eigenvalue weighted by atomic mass is 9.83. The summed E-state index contributed by atoms with van der Waals surface area (Å²) < 4.78 is 0. The van der Waals surface area contributed by atoms with E-state index in [2.05, 4.69) is 10.5 Å². The highest BCUT2D eigenvalue weighted by molar-refractivity contribution is 5.92. The number of hydrazone groups is 1. The third-order valence-corrected chi connectivity index (χ3v) is 2.17. The molecule has 0 aliphatic rings. The van der Waals surface area contributed by atoms with Crippen LogP contribution in [0.1, 0.15) is 34.1 Å². The van der Waals surface area contributed by atoms with Crippen LogP contribution in [0, 0.1) is 11.3 Å². The van der Waals surface area contributed by atoms with Gasteiger partial charge in [-0.2, -0.15) is 5.10 Å². The quantitative estimate of drug-likeness (QED) is 0.264. The summed E-state index contributed by atoms with van der Waals surface area (Å²) in [6, 6.07) is 0. The molecule has 0 heterocycles. The van der Waals surface area contributed by atoms with Gasteiger partial charge in [0.1, 0.15) is 11.6 Å². The highest BCUT2D eigenvalue weighted by atomic mass is 16.1. The second-order valence-corrected chi connectivity index (χ2v) is 4.30. The molecule has 14 heavy (non-hydrogen) atoms. The Kier molecular flexibility index (Phi) is 4.56. The molecule has 0 saturated heterocycles. The zero-order valence-electron chi connectivity index (χ0n) is 9.29. The highest BCUT2D eigenvalue weighted by Crippen LogP contribution is 2.23. The summed E-state index contributed by atoms with van der Waals surface area (Å²) in [6.45, 7) is 7.48. The molecule has 0 rings (SSSR count). The van der Waals surface area contributed by atoms with Crippen molar-refractivity contribution in [2.45, 2.75) is 34.1 Å². The minimum atomic E-state index is -0.440. The van der Waals surface area contributed by atoms with E-state index in [9.17, 15) is 4.79 Å². The molecule has 0 aliphatic heterocycles. The number of hydrazine groups is 1. The van der Waals surface area contributed by atoms with Crippen molar-refractivity contribution in [1.82, 2.24) is 5.43 Å². The van der Waals surface area contributed by atoms with Gasteiger partial charge in [0, 0.05) is 17.8 Å². The minimum absolute atomic E-state index is 0.0195. The number of hydrogen-bond donors (Lipinski definition) is 3. The first-order valence-electron chi connectivity index (χ1n) is 4.63. The Morgan fingerprint density at radius 1 is 1.50 bits per heavy atom. The molecule has 0 bridgehead atoms. The van der Waals surface area contributed by atoms with Gasteiger partial charge in [0.2, 0.25) is 0 Å². The summed E-state index contributed by atoms with van der Waals surface area (Å²) in [7, 11) is 0. The van der Waals surface area contributed by atoms with Gasteiger partial charge in [-0.25, -0.2) is 5.84 Å². The number of nitrogens with one attached hydrogen (secondary N) is 1. The number of Topliss-reactive ketones (excluding diaryl/α,β-unsaturated/α-hetero) is 1. The standard InChI is InChI=1S/C9H20N4O/c1-6(2)7(14)5-9(3,4)8(12-10)13-11/h6H,5,10-11H2,1-4H3,(H,12,13). The topological polar surface area (TPSA) is 93.5 Å². The zero-order valence-corrected chi connectivity index (χ0v) is 9.29. The van der Waals surface area contributed by atoms with Gasteiger partial charge in [0.15, 0.2) is 0 Å². The number of carbonyl (C=O) groups excluding carboxylic acids is 1. The minimum Gasteiger partial charge on any atom is -0.322 e. The average Bonchev–Trinajstić information content (AvgIpc) is 2.04. The van der Waals surface area contributed by atoms with Crippen LogP contribution in [0.25, 0.3) is 0 Å². The maximum absolute atomic E-state index is 11.5. The molecule has 0 aromatic heterocycles. The van der Waals surface area contributed by atoms with Crippen LogP contribution >= 0.6 is 0 Å². The second-order valence-electron chi connectivity index (χ2n) is 4.30. The molecule has 0 fully saturated rings. The Hall–Kier alpha value is -1.10. The molecule has 0 atom stereocenters. The lowest BCUT2D eigenvalue weighted by molar-refractivity contribution is -0.123. The third-order valence-electron chi connectivity index (χ3n) is 2.17. The van der Waals surface area contributed by atoms with E-state index >= 15 is 0 Å². The van der Waals surface area contributed by atoms with Gasteiger partial charge >= 0.3 is 0 Å². The fraction of sp³-hybridized carbons (Fsp3) is 0.778. The van der Waals surface area contributed by atoms with E-state index in [-0.39, 0.29) is 11.7 Å². The predicted octanol–water partition coefficient (Wildman–Crippen LogP) is 0.363. The number of carbonyl (C=O) groups is 1. The number of amidine groups is 1. The van der Waals surface area contributed by atoms with Gasteiger partial charge in [0.05, 0.1) is 0 Å². The smallest absolute Gasteiger partial charge is 0.142 e. The summed E-state index contributed by atoms with van der Waals surface area (Å²) >= 11 is 0. The molecule has 0 saturated carbocycles. The van der Waals surface area contributed by atoms with Crippen molar-refractivity contribution in [3.8, 4) is 0 Å². The first-order valence-corrected chi connectivity index (χ1v) is 4.63. The zero-order chi connectivity index (χ0) is 11.4. The Morgan fingerprint density at radius 2 is 2.00 bits per heavy atom. The van der Waals surface area contributed by atoms with E-state index in [0.29, 0.717) is 12.3 Å². The Morgan fingerprint density at radius 3 is 2.29 bits per heavy atom. The van der Waals surface area contributed by atoms with Crippen molar-refractivity contribution in [1.29, 1.82) is 0 Å². The first kappa shape index (κ1) is 12.9. The monoisotopic (exact) mass is 200 g/mol. The molecule has 5 heteroatoms. The molecule has 0 aliphatic carbocycles. The molecule has 0 aromatic rings. The highest BCUT2D eigenvalue weighted by Gasteiger charge is 2.28. The van der Waals surface area contributed by atoms with Crippen molar-refractivity contribution in [2.24, 2.45) is 28.1 Å². The summed E-state index contributed by atoms with van der Waals surface area (Å²) in [5.74, 6) is 11.0. The van der Waals surface area contributed by atoms with Gasteiger partial charge in [-0.1, -0.05) is 27.7 Å². The van der Waals surface area contributed by atoms with Gasteiger partial charge in [-0.3, -0.25) is 4.79 Å². The van der Waals surface area contributed by atoms with Crippen LogP contribution in [0.4, 0.5) is 0 Å². The van der Waals surface area contributed by atoms with Gasteiger partial charge in [-0.15, -0.1) is 0 Å². The number of hydrogen-bond acceptors (Lipinski definition) is 4. The molecule has 0 radical (unpaired) electrons. The van der Waals surface area contributed by atoms with E-state index in [1.54, 1.807) is 0 Å². The molecule has 5 N–H and O–H groups in total. The SMILES string of the molecule is CC(C)C(=O)CC(C)(C)/C(=N/N)NN. The summed E-state index contributed by atoms with van der Waals surface area (Å²) in [5, 5.41) is 3.52. The largest absolute Gasteiger partial charge is 0.322 e. The van der Waals surface area contributed by atoms with Gasteiger partial charge in [0.25, 0.3) is 0 Å². The maximum Gasteiger partial charge on any atom is 0.142 e. The average molecular weight is 200 g/mol. The van der Waals surface area contributed by atoms with Gasteiger partial charge < -0.3 is 11.3 Å². The third kappa shape index (κ3) is 3.33. The van der Waals surface area contributed by atoms with Crippen LogP contribution in [0.3, 0.4) is 0 Å². The van der Waals surface area contributed by atoms with Crippen molar-refractivity contribution in [3.63, 3.8) is 0 Å². The molecule has 82 valence electrons. The fourth-order valence-electron chi connectivity index (χ4n) is 1.13. The van der Waals surface area contributed by atoms with Crippen LogP contribution in [-0.4, -0.2) is 11.6 Å². The molecule has 0 unspecified atom stereocenters. The van der Waals surface area contributed by atoms with E-state index in [1.165, 1.54) is 0 Å². The van der Waals surface area contributed by atoms with E-state index in [0.717, 1.165) is 0 Å². The second kappa shape index (κ2) is 4.95. The molecular formula is C9H20N4O. The Bertz CT molecular complexity index is 233. The summed E-state index contributed by atoms with van der Waals surface area (Å²) in [5.41, 5.74) is 1.97. The van der Waals surface area contributed by atoms with Gasteiger partial charge in [-0.05, 0) is 0 Å². The molecule has 0 spiro atoms. The van der Waals surface area contributed by atoms with Crippen LogP contribution in [0.15, 0.2) is 5.10 Å². The summed E-state index contributed by atoms with van der Waals surface area (Å²) in [6.07, 6.45) is 0.380. The van der Waals surface area contributed by atoms with E-state index in [4.69, 9.17) is 11.7 Å². The van der Waals surface area contributed by atoms with E-state index in [1.807, 2.05) is 27.7 Å². The van der Waals surface area contributed by atoms with Crippen LogP contribution in [-0.2, 0) is 4.79 Å². The van der Waals surface area contributed by atoms with E-state index < -0.39 is 5.41 Å². The normalized spacial score (nSPS) is 13.1. The lowest BCUT2D eigenvalue weighted by Crippen LogP contribution is -2.43. The van der Waals surface area contributed by atoms with Crippen LogP contribution < -0.4 is 17.1 Å². The fourth-order valence-corrected chi connectivity index (χ4v) is 1.13. The number of nitrogens with two attached hydrogens (primary N) is 2. The van der Waals surface area contributed by atoms with Crippen molar-refractivity contribution in [2.75, 3.05) is 0 Å². The first-order chi connectivity index (χ1) is 6.35. The van der Waals surface area contributed by atoms with Crippen molar-refractivity contribution < 1.29 is 4.79 Å². The molecular weight excluding hydrogens is 180 g/mol. The van der Waals surface area contributed by atoms with Crippen LogP contribution in [0.5, 0.6) is 0 Å². The number of ketones is 1. The van der Waals surface area contributed by atoms with Crippen molar-refractivity contribution in [3.05, 3.63) is 0 Å². The summed E-state index contributed by atoms with van der Waals surface area (Å²) in [4.78, 5) is 11.5. The Labute approximate surface area is 84.9 Å². The van der Waals surface area contributed by atoms with Crippen molar-refractivity contribution >= 4 is 11.6 Å². The maximum atomic E-state index is 11.5. The molecule has 0 amide bonds. The van der Waals surface area contributed by atoms with Crippen LogP contribution in [0.2, 0.25) is 0 Å².